The highest BCUT2D eigenvalue weighted by molar-refractivity contribution is 8.00. The number of amides is 1. The van der Waals surface area contributed by atoms with Gasteiger partial charge in [-0.05, 0) is 17.5 Å². The largest absolute Gasteiger partial charge is 0.354 e. The predicted molar refractivity (Wildman–Crippen MR) is 89.4 cm³/mol. The number of hydrogen-bond donors (Lipinski definition) is 2. The molecule has 2 atom stereocenters. The molecule has 3 N–H and O–H groups in total. The van der Waals surface area contributed by atoms with Gasteiger partial charge in [0.15, 0.2) is 0 Å². The minimum atomic E-state index is -0.471. The molecular formula is C15H25ClN2OS. The standard InChI is InChI=1S/C15H24N2OS.ClH/c1-11(19-12-8-6-5-7-9-12)10-17-14(18)13(16)15(2,3)4;/h5-9,11,13H,10,16H2,1-4H3,(H,17,18);1H/t11?,13-;/m1./s1. The average molecular weight is 317 g/mol. The smallest absolute Gasteiger partial charge is 0.237 e. The van der Waals surface area contributed by atoms with E-state index in [1.165, 1.54) is 4.90 Å². The molecule has 5 heteroatoms. The van der Waals surface area contributed by atoms with Crippen LogP contribution in [0, 0.1) is 5.41 Å². The third-order valence-electron chi connectivity index (χ3n) is 2.86. The van der Waals surface area contributed by atoms with Gasteiger partial charge in [0.1, 0.15) is 0 Å². The first-order valence-corrected chi connectivity index (χ1v) is 7.43. The maximum Gasteiger partial charge on any atom is 0.237 e. The van der Waals surface area contributed by atoms with Crippen molar-refractivity contribution in [2.24, 2.45) is 11.1 Å². The summed E-state index contributed by atoms with van der Waals surface area (Å²) < 4.78 is 0. The lowest BCUT2D eigenvalue weighted by molar-refractivity contribution is -0.124. The van der Waals surface area contributed by atoms with Crippen molar-refractivity contribution in [2.75, 3.05) is 6.54 Å². The minimum Gasteiger partial charge on any atom is -0.354 e. The van der Waals surface area contributed by atoms with Crippen molar-refractivity contribution >= 4 is 30.1 Å². The van der Waals surface area contributed by atoms with Crippen LogP contribution >= 0.6 is 24.2 Å². The monoisotopic (exact) mass is 316 g/mol. The molecule has 1 amide bonds. The summed E-state index contributed by atoms with van der Waals surface area (Å²) in [5.41, 5.74) is 5.71. The summed E-state index contributed by atoms with van der Waals surface area (Å²) in [7, 11) is 0. The zero-order valence-corrected chi connectivity index (χ0v) is 14.2. The van der Waals surface area contributed by atoms with Crippen LogP contribution in [0.15, 0.2) is 35.2 Å². The van der Waals surface area contributed by atoms with Gasteiger partial charge in [-0.25, -0.2) is 0 Å². The zero-order valence-electron chi connectivity index (χ0n) is 12.6. The molecule has 20 heavy (non-hydrogen) atoms. The van der Waals surface area contributed by atoms with Gasteiger partial charge in [0.25, 0.3) is 0 Å². The molecule has 0 saturated heterocycles. The number of nitrogens with two attached hydrogens (primary N) is 1. The van der Waals surface area contributed by atoms with Crippen LogP contribution in [-0.2, 0) is 4.79 Å². The molecule has 0 aliphatic heterocycles. The Morgan fingerprint density at radius 1 is 1.30 bits per heavy atom. The van der Waals surface area contributed by atoms with Gasteiger partial charge in [0.2, 0.25) is 5.91 Å². The molecule has 0 spiro atoms. The maximum absolute atomic E-state index is 11.9. The molecule has 1 rings (SSSR count). The lowest BCUT2D eigenvalue weighted by Crippen LogP contribution is -2.49. The van der Waals surface area contributed by atoms with Crippen molar-refractivity contribution in [3.05, 3.63) is 30.3 Å². The number of nitrogens with one attached hydrogen (secondary N) is 1. The van der Waals surface area contributed by atoms with Crippen molar-refractivity contribution < 1.29 is 4.79 Å². The second-order valence-electron chi connectivity index (χ2n) is 5.83. The fourth-order valence-electron chi connectivity index (χ4n) is 1.52. The first kappa shape index (κ1) is 19.3. The van der Waals surface area contributed by atoms with E-state index in [4.69, 9.17) is 5.73 Å². The highest BCUT2D eigenvalue weighted by Crippen LogP contribution is 2.22. The van der Waals surface area contributed by atoms with Gasteiger partial charge in [0.05, 0.1) is 6.04 Å². The Hall–Kier alpha value is -0.710. The SMILES string of the molecule is CC(CNC(=O)[C@@H](N)C(C)(C)C)Sc1ccccc1.Cl. The third kappa shape index (κ3) is 6.64. The van der Waals surface area contributed by atoms with Crippen LogP contribution in [0.2, 0.25) is 0 Å². The Kier molecular flexibility index (Phi) is 8.25. The fraction of sp³-hybridized carbons (Fsp3) is 0.533. The average Bonchev–Trinajstić information content (AvgIpc) is 2.35. The second kappa shape index (κ2) is 8.55. The highest BCUT2D eigenvalue weighted by Gasteiger charge is 2.27. The number of thioether (sulfide) groups is 1. The summed E-state index contributed by atoms with van der Waals surface area (Å²) in [5.74, 6) is -0.0759. The van der Waals surface area contributed by atoms with Crippen LogP contribution in [0.4, 0.5) is 0 Å². The molecule has 0 aliphatic carbocycles. The van der Waals surface area contributed by atoms with Crippen LogP contribution in [0.5, 0.6) is 0 Å². The summed E-state index contributed by atoms with van der Waals surface area (Å²) in [6.07, 6.45) is 0. The predicted octanol–water partition coefficient (Wildman–Crippen LogP) is 3.08. The molecule has 1 aromatic carbocycles. The van der Waals surface area contributed by atoms with Crippen LogP contribution < -0.4 is 11.1 Å². The van der Waals surface area contributed by atoms with E-state index in [9.17, 15) is 4.79 Å². The molecular weight excluding hydrogens is 292 g/mol. The first-order chi connectivity index (χ1) is 8.80. The van der Waals surface area contributed by atoms with Crippen molar-refractivity contribution in [3.63, 3.8) is 0 Å². The topological polar surface area (TPSA) is 55.1 Å². The van der Waals surface area contributed by atoms with Gasteiger partial charge in [0, 0.05) is 16.7 Å². The number of carbonyl (C=O) groups is 1. The Balaban J connectivity index is 0.00000361. The van der Waals surface area contributed by atoms with Gasteiger partial charge >= 0.3 is 0 Å². The van der Waals surface area contributed by atoms with Gasteiger partial charge in [-0.1, -0.05) is 45.9 Å². The van der Waals surface area contributed by atoms with Crippen LogP contribution in [0.25, 0.3) is 0 Å². The summed E-state index contributed by atoms with van der Waals surface area (Å²) >= 11 is 1.75. The van der Waals surface area contributed by atoms with Gasteiger partial charge in [-0.15, -0.1) is 24.2 Å². The van der Waals surface area contributed by atoms with Crippen LogP contribution in [0.1, 0.15) is 27.7 Å². The lowest BCUT2D eigenvalue weighted by Gasteiger charge is -2.26. The summed E-state index contributed by atoms with van der Waals surface area (Å²) in [6, 6.07) is 9.71. The maximum atomic E-state index is 11.9. The van der Waals surface area contributed by atoms with E-state index in [1.807, 2.05) is 39.0 Å². The number of carbonyl (C=O) groups excluding carboxylic acids is 1. The van der Waals surface area contributed by atoms with E-state index in [1.54, 1.807) is 11.8 Å². The van der Waals surface area contributed by atoms with Gasteiger partial charge < -0.3 is 11.1 Å². The third-order valence-corrected chi connectivity index (χ3v) is 3.97. The normalized spacial score (nSPS) is 14.1. The number of benzene rings is 1. The molecule has 0 fully saturated rings. The molecule has 114 valence electrons. The minimum absolute atomic E-state index is 0. The summed E-state index contributed by atoms with van der Waals surface area (Å²) in [6.45, 7) is 8.64. The van der Waals surface area contributed by atoms with Crippen molar-refractivity contribution in [1.82, 2.24) is 5.32 Å². The van der Waals surface area contributed by atoms with Crippen LogP contribution in [0.3, 0.4) is 0 Å². The Bertz CT molecular complexity index is 406. The fourth-order valence-corrected chi connectivity index (χ4v) is 2.47. The van der Waals surface area contributed by atoms with Crippen LogP contribution in [-0.4, -0.2) is 23.7 Å². The Morgan fingerprint density at radius 2 is 1.85 bits per heavy atom. The molecule has 0 radical (unpaired) electrons. The number of hydrogen-bond acceptors (Lipinski definition) is 3. The Labute approximate surface area is 132 Å². The molecule has 0 aromatic heterocycles. The van der Waals surface area contributed by atoms with E-state index < -0.39 is 6.04 Å². The molecule has 3 nitrogen and oxygen atoms in total. The zero-order chi connectivity index (χ0) is 14.5. The first-order valence-electron chi connectivity index (χ1n) is 6.55. The second-order valence-corrected chi connectivity index (χ2v) is 7.34. The molecule has 1 unspecified atom stereocenters. The van der Waals surface area contributed by atoms with Crippen molar-refractivity contribution in [3.8, 4) is 0 Å². The van der Waals surface area contributed by atoms with E-state index in [0.29, 0.717) is 11.8 Å². The summed E-state index contributed by atoms with van der Waals surface area (Å²) in [4.78, 5) is 13.1. The summed E-state index contributed by atoms with van der Waals surface area (Å²) in [5, 5.41) is 3.24. The quantitative estimate of drug-likeness (QED) is 0.821. The molecule has 0 bridgehead atoms. The molecule has 1 aromatic rings. The lowest BCUT2D eigenvalue weighted by atomic mass is 9.87. The van der Waals surface area contributed by atoms with E-state index >= 15 is 0 Å². The number of rotatable bonds is 5. The van der Waals surface area contributed by atoms with Gasteiger partial charge in [-0.2, -0.15) is 0 Å². The molecule has 0 saturated carbocycles. The number of halogens is 1. The van der Waals surface area contributed by atoms with E-state index in [0.717, 1.165) is 0 Å². The van der Waals surface area contributed by atoms with E-state index in [2.05, 4.69) is 24.4 Å². The van der Waals surface area contributed by atoms with E-state index in [-0.39, 0.29) is 23.7 Å². The molecule has 0 aliphatic rings. The van der Waals surface area contributed by atoms with Crippen molar-refractivity contribution in [1.29, 1.82) is 0 Å². The highest BCUT2D eigenvalue weighted by atomic mass is 35.5. The molecule has 0 heterocycles. The Morgan fingerprint density at radius 3 is 2.35 bits per heavy atom. The van der Waals surface area contributed by atoms with Gasteiger partial charge in [-0.3, -0.25) is 4.79 Å². The van der Waals surface area contributed by atoms with Crippen molar-refractivity contribution in [2.45, 2.75) is 43.9 Å².